The predicted molar refractivity (Wildman–Crippen MR) is 88.2 cm³/mol. The summed E-state index contributed by atoms with van der Waals surface area (Å²) >= 11 is 0. The van der Waals surface area contributed by atoms with Crippen molar-refractivity contribution in [1.29, 1.82) is 0 Å². The van der Waals surface area contributed by atoms with Gasteiger partial charge in [-0.25, -0.2) is 9.37 Å². The third kappa shape index (κ3) is 1.95. The number of nitrogens with one attached hydrogen (secondary N) is 1. The Balaban J connectivity index is 1.58. The maximum absolute atomic E-state index is 13.8. The van der Waals surface area contributed by atoms with Gasteiger partial charge >= 0.3 is 0 Å². The average molecular weight is 326 g/mol. The first kappa shape index (κ1) is 14.2. The number of rotatable bonds is 3. The molecule has 1 N–H and O–H groups in total. The normalized spacial score (nSPS) is 25.6. The van der Waals surface area contributed by atoms with E-state index in [0.717, 1.165) is 24.5 Å². The molecule has 1 aliphatic carbocycles. The molecule has 5 nitrogen and oxygen atoms in total. The fourth-order valence-electron chi connectivity index (χ4n) is 4.00. The number of halogens is 1. The molecule has 24 heavy (non-hydrogen) atoms. The predicted octanol–water partition coefficient (Wildman–Crippen LogP) is 3.51. The lowest BCUT2D eigenvalue weighted by molar-refractivity contribution is 0.159. The second-order valence-corrected chi connectivity index (χ2v) is 7.14. The quantitative estimate of drug-likeness (QED) is 0.801. The van der Waals surface area contributed by atoms with Crippen LogP contribution in [0.3, 0.4) is 0 Å². The third-order valence-corrected chi connectivity index (χ3v) is 5.32. The van der Waals surface area contributed by atoms with E-state index >= 15 is 0 Å². The maximum Gasteiger partial charge on any atom is 0.150 e. The number of hydrogen-bond acceptors (Lipinski definition) is 3. The molecule has 0 radical (unpaired) electrons. The van der Waals surface area contributed by atoms with Crippen LogP contribution < -0.4 is 0 Å². The molecule has 3 aromatic heterocycles. The van der Waals surface area contributed by atoms with E-state index in [9.17, 15) is 4.39 Å². The van der Waals surface area contributed by atoms with Gasteiger partial charge in [-0.05, 0) is 37.8 Å². The summed E-state index contributed by atoms with van der Waals surface area (Å²) < 4.78 is 21.5. The number of hydrogen-bond donors (Lipinski definition) is 1. The van der Waals surface area contributed by atoms with E-state index in [2.05, 4.69) is 34.6 Å². The van der Waals surface area contributed by atoms with Crippen molar-refractivity contribution in [3.8, 4) is 11.3 Å². The standard InChI is InChI=1S/C18H19FN4O/c1-9(2)23-16(17-12-7-24-8-13(12)17)4-15(22-23)10-3-11-14(19)6-21-18(11)20-5-10/h3-6,9,12-13,17H,7-8H2,1-2H3,(H,20,21)/t12-,13+,17-. The number of H-pyrrole nitrogens is 1. The zero-order valence-electron chi connectivity index (χ0n) is 13.7. The fourth-order valence-corrected chi connectivity index (χ4v) is 4.00. The Kier molecular flexibility index (Phi) is 2.89. The molecular weight excluding hydrogens is 307 g/mol. The van der Waals surface area contributed by atoms with E-state index in [4.69, 9.17) is 9.84 Å². The fraction of sp³-hybridized carbons (Fsp3) is 0.444. The van der Waals surface area contributed by atoms with Crippen LogP contribution in [-0.2, 0) is 4.74 Å². The lowest BCUT2D eigenvalue weighted by Crippen LogP contribution is -2.09. The van der Waals surface area contributed by atoms with Crippen LogP contribution in [0.15, 0.2) is 24.5 Å². The van der Waals surface area contributed by atoms with Crippen molar-refractivity contribution >= 4 is 11.0 Å². The molecule has 0 bridgehead atoms. The first-order valence-corrected chi connectivity index (χ1v) is 8.43. The molecule has 3 aromatic rings. The Morgan fingerprint density at radius 1 is 1.29 bits per heavy atom. The summed E-state index contributed by atoms with van der Waals surface area (Å²) in [5.41, 5.74) is 3.55. The van der Waals surface area contributed by atoms with E-state index in [-0.39, 0.29) is 11.9 Å². The van der Waals surface area contributed by atoms with Crippen molar-refractivity contribution < 1.29 is 9.13 Å². The van der Waals surface area contributed by atoms with Gasteiger partial charge in [0.05, 0.1) is 24.3 Å². The van der Waals surface area contributed by atoms with Crippen molar-refractivity contribution in [2.45, 2.75) is 25.8 Å². The second-order valence-electron chi connectivity index (χ2n) is 7.14. The van der Waals surface area contributed by atoms with Gasteiger partial charge in [0.1, 0.15) is 11.5 Å². The summed E-state index contributed by atoms with van der Waals surface area (Å²) in [5.74, 6) is 1.53. The topological polar surface area (TPSA) is 55.7 Å². The van der Waals surface area contributed by atoms with Gasteiger partial charge < -0.3 is 9.72 Å². The van der Waals surface area contributed by atoms with Gasteiger partial charge in [0.15, 0.2) is 0 Å². The first-order chi connectivity index (χ1) is 11.6. The monoisotopic (exact) mass is 326 g/mol. The third-order valence-electron chi connectivity index (χ3n) is 5.32. The zero-order valence-corrected chi connectivity index (χ0v) is 13.7. The highest BCUT2D eigenvalue weighted by Gasteiger charge is 2.56. The number of fused-ring (bicyclic) bond motifs is 2. The summed E-state index contributed by atoms with van der Waals surface area (Å²) in [7, 11) is 0. The number of ether oxygens (including phenoxy) is 1. The van der Waals surface area contributed by atoms with Crippen LogP contribution >= 0.6 is 0 Å². The first-order valence-electron chi connectivity index (χ1n) is 8.43. The molecule has 2 fully saturated rings. The lowest BCUT2D eigenvalue weighted by Gasteiger charge is -2.12. The second kappa shape index (κ2) is 4.89. The Morgan fingerprint density at radius 2 is 2.08 bits per heavy atom. The van der Waals surface area contributed by atoms with E-state index in [1.165, 1.54) is 11.9 Å². The number of nitrogens with zero attached hydrogens (tertiary/aromatic N) is 3. The van der Waals surface area contributed by atoms with Gasteiger partial charge in [0, 0.05) is 35.6 Å². The van der Waals surface area contributed by atoms with Gasteiger partial charge in [0.25, 0.3) is 0 Å². The smallest absolute Gasteiger partial charge is 0.150 e. The zero-order chi connectivity index (χ0) is 16.4. The molecule has 0 spiro atoms. The highest BCUT2D eigenvalue weighted by Crippen LogP contribution is 2.58. The molecule has 5 rings (SSSR count). The molecule has 0 amide bonds. The van der Waals surface area contributed by atoms with Gasteiger partial charge in [-0.2, -0.15) is 5.10 Å². The molecule has 6 heteroatoms. The van der Waals surface area contributed by atoms with Crippen LogP contribution in [0, 0.1) is 17.7 Å². The van der Waals surface area contributed by atoms with Crippen LogP contribution in [0.4, 0.5) is 4.39 Å². The molecular formula is C18H19FN4O. The van der Waals surface area contributed by atoms with Crippen LogP contribution in [-0.4, -0.2) is 33.0 Å². The molecule has 2 aliphatic rings. The van der Waals surface area contributed by atoms with Crippen LogP contribution in [0.25, 0.3) is 22.3 Å². The Labute approximate surface area is 138 Å². The highest BCUT2D eigenvalue weighted by molar-refractivity contribution is 5.81. The van der Waals surface area contributed by atoms with Crippen molar-refractivity contribution in [3.63, 3.8) is 0 Å². The lowest BCUT2D eigenvalue weighted by atomic mass is 10.1. The summed E-state index contributed by atoms with van der Waals surface area (Å²) in [6.07, 6.45) is 3.09. The van der Waals surface area contributed by atoms with Crippen molar-refractivity contribution in [1.82, 2.24) is 19.7 Å². The summed E-state index contributed by atoms with van der Waals surface area (Å²) in [5, 5.41) is 5.30. The van der Waals surface area contributed by atoms with Crippen molar-refractivity contribution in [2.24, 2.45) is 11.8 Å². The van der Waals surface area contributed by atoms with E-state index in [1.54, 1.807) is 6.20 Å². The minimum Gasteiger partial charge on any atom is -0.381 e. The summed E-state index contributed by atoms with van der Waals surface area (Å²) in [6, 6.07) is 4.26. The van der Waals surface area contributed by atoms with Crippen LogP contribution in [0.5, 0.6) is 0 Å². The molecule has 3 atom stereocenters. The van der Waals surface area contributed by atoms with Gasteiger partial charge in [-0.1, -0.05) is 0 Å². The number of pyridine rings is 1. The summed E-state index contributed by atoms with van der Waals surface area (Å²) in [4.78, 5) is 7.15. The van der Waals surface area contributed by atoms with E-state index in [1.807, 2.05) is 6.07 Å². The maximum atomic E-state index is 13.8. The molecule has 1 saturated heterocycles. The van der Waals surface area contributed by atoms with Crippen molar-refractivity contribution in [2.75, 3.05) is 13.2 Å². The minimum atomic E-state index is -0.281. The molecule has 0 aromatic carbocycles. The van der Waals surface area contributed by atoms with Gasteiger partial charge in [-0.15, -0.1) is 0 Å². The molecule has 0 unspecified atom stereocenters. The molecule has 1 saturated carbocycles. The highest BCUT2D eigenvalue weighted by atomic mass is 19.1. The van der Waals surface area contributed by atoms with Crippen LogP contribution in [0.1, 0.15) is 31.5 Å². The molecule has 1 aliphatic heterocycles. The molecule has 4 heterocycles. The van der Waals surface area contributed by atoms with Crippen molar-refractivity contribution in [3.05, 3.63) is 36.0 Å². The SMILES string of the molecule is CC(C)n1nc(-c2cnc3[nH]cc(F)c3c2)cc1[C@@H]1[C@@H]2COC[C@@H]21. The van der Waals surface area contributed by atoms with Gasteiger partial charge in [-0.3, -0.25) is 4.68 Å². The Morgan fingerprint density at radius 3 is 2.83 bits per heavy atom. The molecule has 124 valence electrons. The number of aromatic amines is 1. The Hall–Kier alpha value is -2.21. The largest absolute Gasteiger partial charge is 0.381 e. The number of aromatic nitrogens is 4. The summed E-state index contributed by atoms with van der Waals surface area (Å²) in [6.45, 7) is 6.00. The van der Waals surface area contributed by atoms with Crippen LogP contribution in [0.2, 0.25) is 0 Å². The Bertz CT molecular complexity index is 918. The van der Waals surface area contributed by atoms with E-state index < -0.39 is 0 Å². The van der Waals surface area contributed by atoms with E-state index in [0.29, 0.717) is 28.8 Å². The average Bonchev–Trinajstić information content (AvgIpc) is 3.02. The van der Waals surface area contributed by atoms with Gasteiger partial charge in [0.2, 0.25) is 0 Å². The minimum absolute atomic E-state index is 0.281.